The monoisotopic (exact) mass is 190 g/mol. The first-order valence-electron chi connectivity index (χ1n) is 4.77. The van der Waals surface area contributed by atoms with Gasteiger partial charge in [-0.15, -0.1) is 0 Å². The fraction of sp³-hybridized carbons (Fsp3) is 0.417. The van der Waals surface area contributed by atoms with Gasteiger partial charge in [0, 0.05) is 23.6 Å². The van der Waals surface area contributed by atoms with Gasteiger partial charge in [0.1, 0.15) is 0 Å². The third-order valence-corrected chi connectivity index (χ3v) is 2.20. The first-order valence-corrected chi connectivity index (χ1v) is 4.77. The van der Waals surface area contributed by atoms with E-state index in [2.05, 4.69) is 56.2 Å². The second-order valence-corrected chi connectivity index (χ2v) is 4.42. The summed E-state index contributed by atoms with van der Waals surface area (Å²) < 4.78 is 2.24. The molecule has 0 amide bonds. The molecular weight excluding hydrogens is 172 g/mol. The van der Waals surface area contributed by atoms with Crippen LogP contribution in [0.3, 0.4) is 0 Å². The Morgan fingerprint density at radius 3 is 2.57 bits per heavy atom. The Kier molecular flexibility index (Phi) is 2.94. The van der Waals surface area contributed by atoms with Gasteiger partial charge in [0.25, 0.3) is 0 Å². The van der Waals surface area contributed by atoms with Crippen LogP contribution in [0.15, 0.2) is 23.5 Å². The highest BCUT2D eigenvalue weighted by molar-refractivity contribution is 5.51. The molecule has 0 saturated carbocycles. The minimum absolute atomic E-state index is 0.106. The molecule has 1 aromatic rings. The van der Waals surface area contributed by atoms with Crippen LogP contribution in [-0.2, 0) is 5.54 Å². The largest absolute Gasteiger partial charge is 0.342 e. The van der Waals surface area contributed by atoms with Gasteiger partial charge in [0.15, 0.2) is 0 Å². The number of rotatable bonds is 2. The molecule has 0 atom stereocenters. The van der Waals surface area contributed by atoms with Crippen LogP contribution in [-0.4, -0.2) is 11.3 Å². The van der Waals surface area contributed by atoms with Crippen molar-refractivity contribution in [2.75, 3.05) is 0 Å². The molecule has 0 radical (unpaired) electrons. The number of hydrogen-bond donors (Lipinski definition) is 0. The number of nitrogens with zero attached hydrogens (tertiary/aromatic N) is 2. The van der Waals surface area contributed by atoms with Crippen molar-refractivity contribution in [3.63, 3.8) is 0 Å². The van der Waals surface area contributed by atoms with E-state index in [4.69, 9.17) is 0 Å². The topological polar surface area (TPSA) is 17.3 Å². The van der Waals surface area contributed by atoms with E-state index in [1.807, 2.05) is 6.08 Å². The van der Waals surface area contributed by atoms with Crippen LogP contribution in [0.5, 0.6) is 0 Å². The van der Waals surface area contributed by atoms with Crippen molar-refractivity contribution in [1.82, 2.24) is 4.57 Å². The number of aromatic nitrogens is 1. The van der Waals surface area contributed by atoms with Gasteiger partial charge in [-0.3, -0.25) is 4.99 Å². The molecule has 0 aliphatic rings. The fourth-order valence-electron chi connectivity index (χ4n) is 1.46. The Morgan fingerprint density at radius 2 is 2.07 bits per heavy atom. The van der Waals surface area contributed by atoms with Crippen molar-refractivity contribution in [1.29, 1.82) is 0 Å². The molecule has 0 aliphatic carbocycles. The number of aryl methyl sites for hydroxylation is 1. The van der Waals surface area contributed by atoms with Gasteiger partial charge in [-0.05, 0) is 52.1 Å². The summed E-state index contributed by atoms with van der Waals surface area (Å²) in [7, 11) is 0. The fourth-order valence-corrected chi connectivity index (χ4v) is 1.46. The van der Waals surface area contributed by atoms with Crippen molar-refractivity contribution in [3.8, 4) is 0 Å². The van der Waals surface area contributed by atoms with Crippen LogP contribution >= 0.6 is 0 Å². The van der Waals surface area contributed by atoms with E-state index < -0.39 is 0 Å². The van der Waals surface area contributed by atoms with Gasteiger partial charge >= 0.3 is 0 Å². The van der Waals surface area contributed by atoms with E-state index in [-0.39, 0.29) is 5.54 Å². The molecule has 2 nitrogen and oxygen atoms in total. The number of aliphatic imine (C=N–C) groups is 1. The van der Waals surface area contributed by atoms with Crippen LogP contribution in [0.1, 0.15) is 32.0 Å². The molecule has 0 N–H and O–H groups in total. The van der Waals surface area contributed by atoms with Crippen LogP contribution in [0, 0.1) is 6.92 Å². The van der Waals surface area contributed by atoms with Crippen LogP contribution < -0.4 is 0 Å². The molecule has 1 aromatic heterocycles. The highest BCUT2D eigenvalue weighted by atomic mass is 15.0. The Hall–Kier alpha value is -1.31. The summed E-state index contributed by atoms with van der Waals surface area (Å²) in [5.74, 6) is 0. The molecular formula is C12H18N2. The van der Waals surface area contributed by atoms with E-state index >= 15 is 0 Å². The second kappa shape index (κ2) is 3.82. The summed E-state index contributed by atoms with van der Waals surface area (Å²) in [5, 5.41) is 0. The summed E-state index contributed by atoms with van der Waals surface area (Å²) in [6, 6.07) is 2.12. The molecule has 76 valence electrons. The smallest absolute Gasteiger partial charge is 0.0456 e. The maximum atomic E-state index is 3.73. The number of hydrogen-bond acceptors (Lipinski definition) is 1. The predicted octanol–water partition coefficient (Wildman–Crippen LogP) is 3.22. The van der Waals surface area contributed by atoms with Crippen LogP contribution in [0.25, 0.3) is 6.08 Å². The molecule has 0 fully saturated rings. The maximum Gasteiger partial charge on any atom is 0.0456 e. The molecule has 0 bridgehead atoms. The van der Waals surface area contributed by atoms with Gasteiger partial charge in [0.2, 0.25) is 0 Å². The normalized spacial score (nSPS) is 12.3. The quantitative estimate of drug-likeness (QED) is 0.637. The Bertz CT molecular complexity index is 351. The zero-order chi connectivity index (χ0) is 10.8. The summed E-state index contributed by atoms with van der Waals surface area (Å²) >= 11 is 0. The Balaban J connectivity index is 3.19. The van der Waals surface area contributed by atoms with Crippen molar-refractivity contribution in [2.45, 2.75) is 33.2 Å². The van der Waals surface area contributed by atoms with Gasteiger partial charge in [-0.1, -0.05) is 0 Å². The molecule has 1 rings (SSSR count). The third-order valence-electron chi connectivity index (χ3n) is 2.20. The van der Waals surface area contributed by atoms with Gasteiger partial charge < -0.3 is 4.57 Å². The lowest BCUT2D eigenvalue weighted by Crippen LogP contribution is -2.22. The van der Waals surface area contributed by atoms with Gasteiger partial charge in [-0.2, -0.15) is 0 Å². The van der Waals surface area contributed by atoms with Gasteiger partial charge in [0.05, 0.1) is 0 Å². The molecule has 0 unspecified atom stereocenters. The molecule has 0 spiro atoms. The predicted molar refractivity (Wildman–Crippen MR) is 62.7 cm³/mol. The first kappa shape index (κ1) is 10.8. The summed E-state index contributed by atoms with van der Waals surface area (Å²) in [6.45, 7) is 12.1. The van der Waals surface area contributed by atoms with Crippen molar-refractivity contribution < 1.29 is 0 Å². The third kappa shape index (κ3) is 2.13. The minimum atomic E-state index is 0.106. The van der Waals surface area contributed by atoms with E-state index in [1.165, 1.54) is 11.3 Å². The van der Waals surface area contributed by atoms with Gasteiger partial charge in [-0.25, -0.2) is 0 Å². The molecule has 14 heavy (non-hydrogen) atoms. The zero-order valence-electron chi connectivity index (χ0n) is 9.41. The maximum absolute atomic E-state index is 3.73. The highest BCUT2D eigenvalue weighted by Gasteiger charge is 2.15. The van der Waals surface area contributed by atoms with Crippen LogP contribution in [0.4, 0.5) is 0 Å². The zero-order valence-corrected chi connectivity index (χ0v) is 9.41. The molecule has 0 aromatic carbocycles. The van der Waals surface area contributed by atoms with Crippen molar-refractivity contribution in [2.24, 2.45) is 4.99 Å². The lowest BCUT2D eigenvalue weighted by molar-refractivity contribution is 0.395. The van der Waals surface area contributed by atoms with Crippen molar-refractivity contribution >= 4 is 12.8 Å². The highest BCUT2D eigenvalue weighted by Crippen LogP contribution is 2.21. The lowest BCUT2D eigenvalue weighted by atomic mass is 10.1. The SMILES string of the molecule is C=N/C=C\c1c(C)ccn1C(C)(C)C. The summed E-state index contributed by atoms with van der Waals surface area (Å²) in [5.41, 5.74) is 2.57. The van der Waals surface area contributed by atoms with E-state index in [9.17, 15) is 0 Å². The summed E-state index contributed by atoms with van der Waals surface area (Å²) in [4.78, 5) is 3.73. The standard InChI is InChI=1S/C12H18N2/c1-10-7-9-14(12(2,3)4)11(10)6-8-13-5/h6-9H,5H2,1-4H3/b8-6-. The Labute approximate surface area is 86.0 Å². The van der Waals surface area contributed by atoms with E-state index in [0.29, 0.717) is 0 Å². The molecule has 1 heterocycles. The van der Waals surface area contributed by atoms with E-state index in [1.54, 1.807) is 6.20 Å². The molecule has 2 heteroatoms. The average molecular weight is 190 g/mol. The van der Waals surface area contributed by atoms with Crippen molar-refractivity contribution in [3.05, 3.63) is 29.7 Å². The minimum Gasteiger partial charge on any atom is -0.342 e. The van der Waals surface area contributed by atoms with Crippen LogP contribution in [0.2, 0.25) is 0 Å². The molecule has 0 saturated heterocycles. The second-order valence-electron chi connectivity index (χ2n) is 4.42. The Morgan fingerprint density at radius 1 is 1.43 bits per heavy atom. The average Bonchev–Trinajstić information content (AvgIpc) is 2.42. The lowest BCUT2D eigenvalue weighted by Gasteiger charge is -2.23. The molecule has 0 aliphatic heterocycles. The van der Waals surface area contributed by atoms with E-state index in [0.717, 1.165) is 0 Å². The first-order chi connectivity index (χ1) is 6.46. The summed E-state index contributed by atoms with van der Waals surface area (Å²) in [6.07, 6.45) is 5.83.